The minimum absolute atomic E-state index is 0.0244. The molecule has 9 nitrogen and oxygen atoms in total. The Labute approximate surface area is 256 Å². The Hall–Kier alpha value is -3.28. The summed E-state index contributed by atoms with van der Waals surface area (Å²) in [6, 6.07) is 20.6. The van der Waals surface area contributed by atoms with E-state index < -0.39 is 22.9 Å². The molecule has 3 aromatic carbocycles. The second-order valence-electron chi connectivity index (χ2n) is 10.4. The normalized spacial score (nSPS) is 14.5. The highest BCUT2D eigenvalue weighted by molar-refractivity contribution is 7.85. The number of carbonyl (C=O) groups is 1. The van der Waals surface area contributed by atoms with Crippen LogP contribution in [0.2, 0.25) is 0 Å². The van der Waals surface area contributed by atoms with E-state index in [1.165, 1.54) is 18.9 Å². The van der Waals surface area contributed by atoms with Gasteiger partial charge in [-0.1, -0.05) is 43.2 Å². The van der Waals surface area contributed by atoms with Crippen molar-refractivity contribution < 1.29 is 38.9 Å². The van der Waals surface area contributed by atoms with Crippen molar-refractivity contribution >= 4 is 16.8 Å². The summed E-state index contributed by atoms with van der Waals surface area (Å²) in [4.78, 5) is 9.90. The average Bonchev–Trinajstić information content (AvgIpc) is 3.55. The molecular formula is C33H43NO8S. The number of nitrogens with one attached hydrogen (secondary N) is 1. The smallest absolute Gasteiger partial charge is 0.300 e. The van der Waals surface area contributed by atoms with Crippen molar-refractivity contribution in [3.63, 3.8) is 0 Å². The number of phenols is 1. The molecule has 43 heavy (non-hydrogen) atoms. The van der Waals surface area contributed by atoms with Gasteiger partial charge in [-0.2, -0.15) is 0 Å². The van der Waals surface area contributed by atoms with E-state index in [1.54, 1.807) is 12.1 Å². The van der Waals surface area contributed by atoms with Crippen molar-refractivity contribution in [3.05, 3.63) is 89.0 Å². The van der Waals surface area contributed by atoms with E-state index in [0.717, 1.165) is 48.0 Å². The van der Waals surface area contributed by atoms with Crippen LogP contribution in [-0.2, 0) is 40.0 Å². The summed E-state index contributed by atoms with van der Waals surface area (Å²) in [6.45, 7) is 3.26. The van der Waals surface area contributed by atoms with Crippen LogP contribution >= 0.6 is 0 Å². The van der Waals surface area contributed by atoms with Crippen molar-refractivity contribution in [1.82, 2.24) is 5.32 Å². The van der Waals surface area contributed by atoms with E-state index in [4.69, 9.17) is 19.4 Å². The standard InChI is InChI=1S/C31H39NO6S.C2H4O2/c33-21-26-19-25(10-13-30(26)34)31(35)20-32-15-14-23-8-11-27(12-9-23)38-17-16-37-22-24-4-3-7-29(18-24)39(36)28-5-1-2-6-28;1-2(3)4/h3-4,7-13,18-19,28,31-35H,1-2,5-6,14-17,20-22H2;1H3,(H,3,4)/t31-,39?;/m0./s1. The summed E-state index contributed by atoms with van der Waals surface area (Å²) in [6.07, 6.45) is 4.56. The van der Waals surface area contributed by atoms with Gasteiger partial charge in [-0.05, 0) is 78.9 Å². The first-order valence-corrected chi connectivity index (χ1v) is 15.8. The fourth-order valence-corrected chi connectivity index (χ4v) is 6.37. The third kappa shape index (κ3) is 12.1. The summed E-state index contributed by atoms with van der Waals surface area (Å²) in [5.74, 6) is -0.0250. The van der Waals surface area contributed by atoms with Gasteiger partial charge in [-0.15, -0.1) is 0 Å². The number of rotatable bonds is 15. The molecular weight excluding hydrogens is 570 g/mol. The molecule has 3 aromatic rings. The molecule has 0 aromatic heterocycles. The van der Waals surface area contributed by atoms with Crippen LogP contribution in [0.25, 0.3) is 0 Å². The number of aliphatic hydroxyl groups excluding tert-OH is 2. The highest BCUT2D eigenvalue weighted by Crippen LogP contribution is 2.27. The Bertz CT molecular complexity index is 1290. The summed E-state index contributed by atoms with van der Waals surface area (Å²) >= 11 is 0. The molecule has 1 saturated carbocycles. The Morgan fingerprint density at radius 1 is 1.02 bits per heavy atom. The fraction of sp³-hybridized carbons (Fsp3) is 0.424. The number of ether oxygens (including phenoxy) is 2. The van der Waals surface area contributed by atoms with Gasteiger partial charge in [0.1, 0.15) is 18.1 Å². The van der Waals surface area contributed by atoms with Gasteiger partial charge in [0.15, 0.2) is 0 Å². The molecule has 0 amide bonds. The maximum atomic E-state index is 12.8. The second kappa shape index (κ2) is 18.4. The summed E-state index contributed by atoms with van der Waals surface area (Å²) in [5.41, 5.74) is 3.24. The van der Waals surface area contributed by atoms with Gasteiger partial charge < -0.3 is 35.2 Å². The van der Waals surface area contributed by atoms with Crippen molar-refractivity contribution in [1.29, 1.82) is 0 Å². The van der Waals surface area contributed by atoms with Gasteiger partial charge in [0.05, 0.1) is 36.7 Å². The fourth-order valence-electron chi connectivity index (χ4n) is 4.74. The maximum absolute atomic E-state index is 12.8. The van der Waals surface area contributed by atoms with Gasteiger partial charge >= 0.3 is 0 Å². The summed E-state index contributed by atoms with van der Waals surface area (Å²) in [5, 5.41) is 40.2. The molecule has 1 fully saturated rings. The lowest BCUT2D eigenvalue weighted by Gasteiger charge is -2.14. The van der Waals surface area contributed by atoms with Crippen molar-refractivity contribution in [2.75, 3.05) is 26.3 Å². The number of carboxylic acid groups (broad SMARTS) is 1. The number of hydrogen-bond donors (Lipinski definition) is 5. The number of carboxylic acids is 1. The summed E-state index contributed by atoms with van der Waals surface area (Å²) in [7, 11) is -0.931. The van der Waals surface area contributed by atoms with Gasteiger partial charge in [0.25, 0.3) is 5.97 Å². The number of aliphatic hydroxyl groups is 2. The van der Waals surface area contributed by atoms with Crippen LogP contribution in [0.15, 0.2) is 71.6 Å². The molecule has 1 aliphatic carbocycles. The molecule has 0 aliphatic heterocycles. The number of aromatic hydroxyl groups is 1. The molecule has 4 rings (SSSR count). The van der Waals surface area contributed by atoms with Crippen molar-refractivity contribution in [2.24, 2.45) is 0 Å². The molecule has 1 unspecified atom stereocenters. The van der Waals surface area contributed by atoms with Gasteiger partial charge in [0, 0.05) is 29.2 Å². The number of benzene rings is 3. The van der Waals surface area contributed by atoms with E-state index in [0.29, 0.717) is 49.3 Å². The monoisotopic (exact) mass is 613 g/mol. The zero-order chi connectivity index (χ0) is 31.0. The number of hydrogen-bond acceptors (Lipinski definition) is 8. The third-order valence-corrected chi connectivity index (χ3v) is 8.81. The van der Waals surface area contributed by atoms with E-state index in [9.17, 15) is 19.5 Å². The minimum Gasteiger partial charge on any atom is -0.508 e. The zero-order valence-corrected chi connectivity index (χ0v) is 25.4. The Morgan fingerprint density at radius 2 is 1.74 bits per heavy atom. The molecule has 10 heteroatoms. The molecule has 0 bridgehead atoms. The van der Waals surface area contributed by atoms with Crippen LogP contribution in [0.1, 0.15) is 61.0 Å². The van der Waals surface area contributed by atoms with Crippen LogP contribution in [0, 0.1) is 0 Å². The molecule has 0 saturated heterocycles. The van der Waals surface area contributed by atoms with Crippen molar-refractivity contribution in [2.45, 2.75) is 68.5 Å². The SMILES string of the molecule is CC(=O)O.O=S(c1cccc(COCCOc2ccc(CCNC[C@H](O)c3ccc(O)c(CO)c3)cc2)c1)C1CCCC1. The lowest BCUT2D eigenvalue weighted by Crippen LogP contribution is -2.23. The Morgan fingerprint density at radius 3 is 2.44 bits per heavy atom. The lowest BCUT2D eigenvalue weighted by molar-refractivity contribution is -0.134. The molecule has 2 atom stereocenters. The molecule has 234 valence electrons. The van der Waals surface area contributed by atoms with Crippen LogP contribution in [0.3, 0.4) is 0 Å². The van der Waals surface area contributed by atoms with Crippen LogP contribution in [0.5, 0.6) is 11.5 Å². The highest BCUT2D eigenvalue weighted by atomic mass is 32.2. The van der Waals surface area contributed by atoms with Crippen LogP contribution < -0.4 is 10.1 Å². The second-order valence-corrected chi connectivity index (χ2v) is 12.2. The summed E-state index contributed by atoms with van der Waals surface area (Å²) < 4.78 is 24.3. The lowest BCUT2D eigenvalue weighted by atomic mass is 10.1. The van der Waals surface area contributed by atoms with Gasteiger partial charge in [-0.25, -0.2) is 0 Å². The molecule has 0 heterocycles. The quantitative estimate of drug-likeness (QED) is 0.157. The molecule has 0 spiro atoms. The predicted molar refractivity (Wildman–Crippen MR) is 166 cm³/mol. The van der Waals surface area contributed by atoms with E-state index in [1.807, 2.05) is 48.5 Å². The Balaban J connectivity index is 0.00000119. The van der Waals surface area contributed by atoms with E-state index in [-0.39, 0.29) is 12.4 Å². The zero-order valence-electron chi connectivity index (χ0n) is 24.6. The van der Waals surface area contributed by atoms with Crippen LogP contribution in [-0.4, -0.2) is 62.2 Å². The molecule has 1 aliphatic rings. The van der Waals surface area contributed by atoms with E-state index >= 15 is 0 Å². The minimum atomic E-state index is -0.931. The third-order valence-electron chi connectivity index (χ3n) is 7.01. The first-order valence-electron chi connectivity index (χ1n) is 14.6. The molecule has 0 radical (unpaired) electrons. The predicted octanol–water partition coefficient (Wildman–Crippen LogP) is 4.49. The van der Waals surface area contributed by atoms with Gasteiger partial charge in [-0.3, -0.25) is 9.00 Å². The van der Waals surface area contributed by atoms with Gasteiger partial charge in [0.2, 0.25) is 0 Å². The van der Waals surface area contributed by atoms with E-state index in [2.05, 4.69) is 5.32 Å². The Kier molecular flexibility index (Phi) is 14.6. The highest BCUT2D eigenvalue weighted by Gasteiger charge is 2.22. The average molecular weight is 614 g/mol. The topological polar surface area (TPSA) is 146 Å². The first kappa shape index (κ1) is 34.2. The number of aliphatic carboxylic acids is 1. The molecule has 5 N–H and O–H groups in total. The first-order chi connectivity index (χ1) is 20.8. The maximum Gasteiger partial charge on any atom is 0.300 e. The largest absolute Gasteiger partial charge is 0.508 e. The van der Waals surface area contributed by atoms with Crippen molar-refractivity contribution in [3.8, 4) is 11.5 Å². The van der Waals surface area contributed by atoms with Crippen LogP contribution in [0.4, 0.5) is 0 Å².